The second-order valence-electron chi connectivity index (χ2n) is 6.47. The maximum atomic E-state index is 13.3. The van der Waals surface area contributed by atoms with E-state index in [4.69, 9.17) is 4.74 Å². The predicted molar refractivity (Wildman–Crippen MR) is 104 cm³/mol. The molecule has 0 spiro atoms. The van der Waals surface area contributed by atoms with E-state index in [0.29, 0.717) is 6.07 Å². The molecule has 0 aliphatic carbocycles. The molecule has 0 heterocycles. The second kappa shape index (κ2) is 9.10. The average Bonchev–Trinajstić information content (AvgIpc) is 2.72. The van der Waals surface area contributed by atoms with Gasteiger partial charge in [0.15, 0.2) is 6.10 Å². The minimum Gasteiger partial charge on any atom is -0.449 e. The highest BCUT2D eigenvalue weighted by Gasteiger charge is 2.24. The lowest BCUT2D eigenvalue weighted by Gasteiger charge is -2.22. The van der Waals surface area contributed by atoms with E-state index >= 15 is 0 Å². The number of ether oxygens (including phenoxy) is 1. The molecule has 0 aliphatic rings. The summed E-state index contributed by atoms with van der Waals surface area (Å²) in [5.41, 5.74) is 1.42. The van der Waals surface area contributed by atoms with Crippen molar-refractivity contribution in [3.05, 3.63) is 107 Å². The number of amides is 1. The molecule has 0 aliphatic heterocycles. The first-order valence-electron chi connectivity index (χ1n) is 9.01. The van der Waals surface area contributed by atoms with Crippen molar-refractivity contribution in [3.8, 4) is 0 Å². The Morgan fingerprint density at radius 1 is 0.828 bits per heavy atom. The van der Waals surface area contributed by atoms with Crippen molar-refractivity contribution >= 4 is 11.9 Å². The van der Waals surface area contributed by atoms with Crippen LogP contribution >= 0.6 is 0 Å². The van der Waals surface area contributed by atoms with Gasteiger partial charge in [-0.2, -0.15) is 0 Å². The van der Waals surface area contributed by atoms with Gasteiger partial charge in [-0.1, -0.05) is 60.7 Å². The van der Waals surface area contributed by atoms with E-state index in [2.05, 4.69) is 5.32 Å². The zero-order chi connectivity index (χ0) is 20.8. The summed E-state index contributed by atoms with van der Waals surface area (Å²) in [6.45, 7) is 1.40. The van der Waals surface area contributed by atoms with Crippen molar-refractivity contribution in [2.24, 2.45) is 0 Å². The van der Waals surface area contributed by atoms with Gasteiger partial charge in [0.25, 0.3) is 5.91 Å². The molecule has 1 N–H and O–H groups in total. The molecule has 0 fully saturated rings. The van der Waals surface area contributed by atoms with Crippen molar-refractivity contribution in [2.75, 3.05) is 0 Å². The van der Waals surface area contributed by atoms with Gasteiger partial charge in [0, 0.05) is 6.07 Å². The molecule has 148 valence electrons. The lowest BCUT2D eigenvalue weighted by Crippen LogP contribution is -2.38. The van der Waals surface area contributed by atoms with Gasteiger partial charge >= 0.3 is 5.97 Å². The Morgan fingerprint density at radius 2 is 1.31 bits per heavy atom. The number of carbonyl (C=O) groups is 2. The van der Waals surface area contributed by atoms with Crippen LogP contribution in [0.3, 0.4) is 0 Å². The quantitative estimate of drug-likeness (QED) is 0.629. The summed E-state index contributed by atoms with van der Waals surface area (Å²) in [5.74, 6) is -3.32. The highest BCUT2D eigenvalue weighted by atomic mass is 19.1. The molecule has 3 rings (SSSR count). The number of esters is 1. The number of nitrogens with one attached hydrogen (secondary N) is 1. The van der Waals surface area contributed by atoms with Gasteiger partial charge in [-0.05, 0) is 30.2 Å². The molecule has 4 nitrogen and oxygen atoms in total. The van der Waals surface area contributed by atoms with Crippen LogP contribution in [-0.4, -0.2) is 18.0 Å². The molecule has 0 radical (unpaired) electrons. The second-order valence-corrected chi connectivity index (χ2v) is 6.47. The Bertz CT molecular complexity index is 934. The van der Waals surface area contributed by atoms with Gasteiger partial charge in [0.2, 0.25) is 0 Å². The lowest BCUT2D eigenvalue weighted by molar-refractivity contribution is -0.129. The van der Waals surface area contributed by atoms with Crippen LogP contribution in [0.15, 0.2) is 78.9 Å². The van der Waals surface area contributed by atoms with Gasteiger partial charge in [-0.3, -0.25) is 4.79 Å². The van der Waals surface area contributed by atoms with Crippen LogP contribution in [0.4, 0.5) is 8.78 Å². The smallest absolute Gasteiger partial charge is 0.339 e. The third kappa shape index (κ3) is 5.25. The number of benzene rings is 3. The molecule has 0 saturated heterocycles. The van der Waals surface area contributed by atoms with Crippen molar-refractivity contribution in [1.82, 2.24) is 5.32 Å². The third-order valence-electron chi connectivity index (χ3n) is 4.30. The van der Waals surface area contributed by atoms with Crippen molar-refractivity contribution in [1.29, 1.82) is 0 Å². The van der Waals surface area contributed by atoms with Gasteiger partial charge in [0.1, 0.15) is 11.6 Å². The number of hydrogen-bond donors (Lipinski definition) is 1. The topological polar surface area (TPSA) is 55.4 Å². The zero-order valence-electron chi connectivity index (χ0n) is 15.6. The van der Waals surface area contributed by atoms with E-state index in [1.165, 1.54) is 6.92 Å². The van der Waals surface area contributed by atoms with Gasteiger partial charge in [-0.25, -0.2) is 13.6 Å². The molecule has 3 aromatic rings. The number of halogens is 2. The molecule has 0 saturated carbocycles. The highest BCUT2D eigenvalue weighted by Crippen LogP contribution is 2.22. The van der Waals surface area contributed by atoms with E-state index in [9.17, 15) is 18.4 Å². The Balaban J connectivity index is 1.74. The molecule has 0 unspecified atom stereocenters. The fourth-order valence-electron chi connectivity index (χ4n) is 2.86. The average molecular weight is 395 g/mol. The Morgan fingerprint density at radius 3 is 1.79 bits per heavy atom. The third-order valence-corrected chi connectivity index (χ3v) is 4.30. The van der Waals surface area contributed by atoms with Crippen LogP contribution in [0.1, 0.15) is 34.5 Å². The first-order chi connectivity index (χ1) is 13.9. The summed E-state index contributed by atoms with van der Waals surface area (Å²) in [6.07, 6.45) is -1.16. The Kier molecular flexibility index (Phi) is 6.34. The molecule has 0 aromatic heterocycles. The molecule has 29 heavy (non-hydrogen) atoms. The minimum absolute atomic E-state index is 0.301. The molecular formula is C23H19F2NO3. The molecule has 1 atom stereocenters. The lowest BCUT2D eigenvalue weighted by atomic mass is 9.98. The number of rotatable bonds is 6. The molecule has 1 amide bonds. The minimum atomic E-state index is -1.16. The van der Waals surface area contributed by atoms with Crippen LogP contribution < -0.4 is 5.32 Å². The maximum Gasteiger partial charge on any atom is 0.339 e. The summed E-state index contributed by atoms with van der Waals surface area (Å²) in [5, 5.41) is 2.86. The summed E-state index contributed by atoms with van der Waals surface area (Å²) in [7, 11) is 0. The van der Waals surface area contributed by atoms with Crippen LogP contribution in [0.5, 0.6) is 0 Å². The first-order valence-corrected chi connectivity index (χ1v) is 9.01. The van der Waals surface area contributed by atoms with Crippen LogP contribution in [-0.2, 0) is 9.53 Å². The van der Waals surface area contributed by atoms with Crippen LogP contribution in [0.2, 0.25) is 0 Å². The maximum absolute atomic E-state index is 13.3. The SMILES string of the molecule is C[C@@H](OC(=O)c1cc(F)cc(F)c1)C(=O)NC(c1ccccc1)c1ccccc1. The van der Waals surface area contributed by atoms with Crippen molar-refractivity contribution in [2.45, 2.75) is 19.1 Å². The van der Waals surface area contributed by atoms with E-state index in [1.54, 1.807) is 0 Å². The molecule has 3 aromatic carbocycles. The van der Waals surface area contributed by atoms with Crippen LogP contribution in [0, 0.1) is 11.6 Å². The van der Waals surface area contributed by atoms with E-state index in [0.717, 1.165) is 23.3 Å². The predicted octanol–water partition coefficient (Wildman–Crippen LogP) is 4.42. The largest absolute Gasteiger partial charge is 0.449 e. The number of hydrogen-bond acceptors (Lipinski definition) is 3. The summed E-state index contributed by atoms with van der Waals surface area (Å²) in [4.78, 5) is 24.8. The van der Waals surface area contributed by atoms with E-state index in [-0.39, 0.29) is 5.56 Å². The highest BCUT2D eigenvalue weighted by molar-refractivity contribution is 5.92. The van der Waals surface area contributed by atoms with Crippen LogP contribution in [0.25, 0.3) is 0 Å². The normalized spacial score (nSPS) is 11.7. The summed E-state index contributed by atoms with van der Waals surface area (Å²) >= 11 is 0. The van der Waals surface area contributed by atoms with Gasteiger partial charge < -0.3 is 10.1 Å². The summed E-state index contributed by atoms with van der Waals surface area (Å²) in [6, 6.07) is 20.6. The van der Waals surface area contributed by atoms with Gasteiger partial charge in [0.05, 0.1) is 11.6 Å². The molecule has 0 bridgehead atoms. The van der Waals surface area contributed by atoms with E-state index < -0.39 is 35.7 Å². The van der Waals surface area contributed by atoms with Crippen molar-refractivity contribution < 1.29 is 23.1 Å². The zero-order valence-corrected chi connectivity index (χ0v) is 15.6. The monoisotopic (exact) mass is 395 g/mol. The van der Waals surface area contributed by atoms with E-state index in [1.807, 2.05) is 60.7 Å². The first kappa shape index (κ1) is 20.2. The fourth-order valence-corrected chi connectivity index (χ4v) is 2.86. The fraction of sp³-hybridized carbons (Fsp3) is 0.130. The standard InChI is InChI=1S/C23H19F2NO3/c1-15(29-23(28)18-12-19(24)14-20(25)13-18)22(27)26-21(16-8-4-2-5-9-16)17-10-6-3-7-11-17/h2-15,21H,1H3,(H,26,27)/t15-/m1/s1. The van der Waals surface area contributed by atoms with Crippen molar-refractivity contribution in [3.63, 3.8) is 0 Å². The van der Waals surface area contributed by atoms with Gasteiger partial charge in [-0.15, -0.1) is 0 Å². The molecular weight excluding hydrogens is 376 g/mol. The Labute approximate surface area is 167 Å². The number of carbonyl (C=O) groups excluding carboxylic acids is 2. The summed E-state index contributed by atoms with van der Waals surface area (Å²) < 4.78 is 31.7. The Hall–Kier alpha value is -3.54. The molecule has 6 heteroatoms.